The normalized spacial score (nSPS) is 13.9. The zero-order chi connectivity index (χ0) is 8.43. The second-order valence-corrected chi connectivity index (χ2v) is 4.61. The van der Waals surface area contributed by atoms with Crippen LogP contribution in [0.5, 0.6) is 0 Å². The van der Waals surface area contributed by atoms with Crippen LogP contribution in [0.15, 0.2) is 5.38 Å². The Hall–Kier alpha value is -0.0200. The molecule has 1 aromatic heterocycles. The van der Waals surface area contributed by atoms with Gasteiger partial charge >= 0.3 is 0 Å². The number of hydrogen-bond acceptors (Lipinski definition) is 3. The molecule has 62 valence electrons. The molecular weight excluding hydrogens is 174 g/mol. The number of thiazole rings is 1. The number of rotatable bonds is 2. The van der Waals surface area contributed by atoms with Gasteiger partial charge in [0.25, 0.3) is 0 Å². The number of aromatic nitrogens is 1. The van der Waals surface area contributed by atoms with Gasteiger partial charge < -0.3 is 0 Å². The summed E-state index contributed by atoms with van der Waals surface area (Å²) in [6, 6.07) is 0. The van der Waals surface area contributed by atoms with Gasteiger partial charge in [0.2, 0.25) is 0 Å². The van der Waals surface area contributed by atoms with Crippen LogP contribution in [0.2, 0.25) is 0 Å². The van der Waals surface area contributed by atoms with E-state index in [1.54, 1.807) is 11.3 Å². The third-order valence-corrected chi connectivity index (χ3v) is 2.89. The van der Waals surface area contributed by atoms with Crippen LogP contribution in [0.4, 0.5) is 0 Å². The van der Waals surface area contributed by atoms with Crippen molar-refractivity contribution in [3.63, 3.8) is 0 Å². The first-order valence-corrected chi connectivity index (χ1v) is 5.14. The zero-order valence-corrected chi connectivity index (χ0v) is 8.75. The highest BCUT2D eigenvalue weighted by Gasteiger charge is 2.07. The molecule has 1 atom stereocenters. The molecule has 0 aliphatic heterocycles. The minimum absolute atomic E-state index is 0.263. The minimum Gasteiger partial charge on any atom is -0.245 e. The topological polar surface area (TPSA) is 12.9 Å². The van der Waals surface area contributed by atoms with Gasteiger partial charge in [-0.3, -0.25) is 0 Å². The third-order valence-electron chi connectivity index (χ3n) is 1.46. The van der Waals surface area contributed by atoms with E-state index < -0.39 is 0 Å². The SMILES string of the molecule is CC(C)c1nc(C(C)S)cs1. The van der Waals surface area contributed by atoms with E-state index >= 15 is 0 Å². The number of nitrogens with zero attached hydrogens (tertiary/aromatic N) is 1. The second-order valence-electron chi connectivity index (χ2n) is 2.94. The standard InChI is InChI=1S/C8H13NS2/c1-5(2)8-9-7(4-11-8)6(3)10/h4-6,10H,1-3H3. The molecular formula is C8H13NS2. The highest BCUT2D eigenvalue weighted by atomic mass is 32.1. The van der Waals surface area contributed by atoms with Crippen LogP contribution in [-0.4, -0.2) is 4.98 Å². The van der Waals surface area contributed by atoms with Gasteiger partial charge in [-0.2, -0.15) is 12.6 Å². The van der Waals surface area contributed by atoms with Gasteiger partial charge in [0.1, 0.15) is 0 Å². The van der Waals surface area contributed by atoms with Crippen molar-refractivity contribution in [2.24, 2.45) is 0 Å². The quantitative estimate of drug-likeness (QED) is 0.701. The van der Waals surface area contributed by atoms with Crippen molar-refractivity contribution < 1.29 is 0 Å². The Morgan fingerprint density at radius 2 is 2.09 bits per heavy atom. The molecule has 0 aromatic carbocycles. The maximum atomic E-state index is 4.45. The van der Waals surface area contributed by atoms with Gasteiger partial charge in [0.15, 0.2) is 0 Å². The smallest absolute Gasteiger partial charge is 0.0954 e. The van der Waals surface area contributed by atoms with Crippen LogP contribution in [-0.2, 0) is 0 Å². The largest absolute Gasteiger partial charge is 0.245 e. The molecule has 11 heavy (non-hydrogen) atoms. The molecule has 1 nitrogen and oxygen atoms in total. The van der Waals surface area contributed by atoms with Crippen LogP contribution in [0.25, 0.3) is 0 Å². The summed E-state index contributed by atoms with van der Waals surface area (Å²) >= 11 is 6.04. The molecule has 0 radical (unpaired) electrons. The van der Waals surface area contributed by atoms with Crippen molar-refractivity contribution in [2.45, 2.75) is 31.9 Å². The van der Waals surface area contributed by atoms with E-state index in [1.807, 2.05) is 6.92 Å². The number of hydrogen-bond donors (Lipinski definition) is 1. The van der Waals surface area contributed by atoms with Crippen LogP contribution in [0.1, 0.15) is 42.6 Å². The van der Waals surface area contributed by atoms with E-state index in [0.29, 0.717) is 5.92 Å². The maximum Gasteiger partial charge on any atom is 0.0954 e. The van der Waals surface area contributed by atoms with Gasteiger partial charge in [-0.25, -0.2) is 4.98 Å². The highest BCUT2D eigenvalue weighted by molar-refractivity contribution is 7.80. The Labute approximate surface area is 77.3 Å². The lowest BCUT2D eigenvalue weighted by Gasteiger charge is -1.98. The Balaban J connectivity index is 2.82. The van der Waals surface area contributed by atoms with Gasteiger partial charge in [-0.15, -0.1) is 11.3 Å². The summed E-state index contributed by atoms with van der Waals surface area (Å²) in [7, 11) is 0. The van der Waals surface area contributed by atoms with Crippen molar-refractivity contribution in [1.29, 1.82) is 0 Å². The summed E-state index contributed by atoms with van der Waals surface area (Å²) in [6.07, 6.45) is 0. The summed E-state index contributed by atoms with van der Waals surface area (Å²) in [5, 5.41) is 3.56. The fraction of sp³-hybridized carbons (Fsp3) is 0.625. The molecule has 0 N–H and O–H groups in total. The number of thiol groups is 1. The minimum atomic E-state index is 0.263. The Morgan fingerprint density at radius 1 is 1.45 bits per heavy atom. The molecule has 1 unspecified atom stereocenters. The maximum absolute atomic E-state index is 4.45. The van der Waals surface area contributed by atoms with Crippen molar-refractivity contribution in [2.75, 3.05) is 0 Å². The van der Waals surface area contributed by atoms with E-state index in [-0.39, 0.29) is 5.25 Å². The summed E-state index contributed by atoms with van der Waals surface area (Å²) in [5.74, 6) is 0.542. The first kappa shape index (κ1) is 9.07. The van der Waals surface area contributed by atoms with Gasteiger partial charge in [-0.05, 0) is 6.92 Å². The molecule has 1 rings (SSSR count). The molecule has 0 saturated carbocycles. The lowest BCUT2D eigenvalue weighted by molar-refractivity contribution is 0.838. The van der Waals surface area contributed by atoms with Crippen molar-refractivity contribution in [1.82, 2.24) is 4.98 Å². The van der Waals surface area contributed by atoms with Crippen LogP contribution in [0, 0.1) is 0 Å². The molecule has 3 heteroatoms. The van der Waals surface area contributed by atoms with Gasteiger partial charge in [-0.1, -0.05) is 13.8 Å². The van der Waals surface area contributed by atoms with Crippen LogP contribution in [0.3, 0.4) is 0 Å². The lowest BCUT2D eigenvalue weighted by atomic mass is 10.2. The molecule has 0 fully saturated rings. The second kappa shape index (κ2) is 3.59. The predicted octanol–water partition coefficient (Wildman–Crippen LogP) is 3.26. The van der Waals surface area contributed by atoms with E-state index in [1.165, 1.54) is 5.01 Å². The fourth-order valence-corrected chi connectivity index (χ4v) is 1.92. The Bertz CT molecular complexity index is 205. The molecule has 0 aliphatic carbocycles. The fourth-order valence-electron chi connectivity index (χ4n) is 0.758. The highest BCUT2D eigenvalue weighted by Crippen LogP contribution is 2.25. The molecule has 1 aromatic rings. The Morgan fingerprint density at radius 3 is 2.36 bits per heavy atom. The van der Waals surface area contributed by atoms with Crippen molar-refractivity contribution in [3.05, 3.63) is 16.1 Å². The summed E-state index contributed by atoms with van der Waals surface area (Å²) in [4.78, 5) is 4.45. The third kappa shape index (κ3) is 2.20. The predicted molar refractivity (Wildman–Crippen MR) is 53.6 cm³/mol. The Kier molecular flexibility index (Phi) is 2.96. The lowest BCUT2D eigenvalue weighted by Crippen LogP contribution is -1.88. The van der Waals surface area contributed by atoms with Gasteiger partial charge in [0, 0.05) is 16.5 Å². The van der Waals surface area contributed by atoms with E-state index in [9.17, 15) is 0 Å². The summed E-state index contributed by atoms with van der Waals surface area (Å²) in [6.45, 7) is 6.36. The average molecular weight is 187 g/mol. The van der Waals surface area contributed by atoms with E-state index in [4.69, 9.17) is 0 Å². The summed E-state index contributed by atoms with van der Waals surface area (Å²) in [5.41, 5.74) is 1.10. The zero-order valence-electron chi connectivity index (χ0n) is 7.03. The molecule has 0 bridgehead atoms. The van der Waals surface area contributed by atoms with Crippen LogP contribution < -0.4 is 0 Å². The van der Waals surface area contributed by atoms with Crippen molar-refractivity contribution in [3.8, 4) is 0 Å². The molecule has 1 heterocycles. The summed E-state index contributed by atoms with van der Waals surface area (Å²) < 4.78 is 0. The molecule has 0 spiro atoms. The molecule has 0 saturated heterocycles. The first-order valence-electron chi connectivity index (χ1n) is 3.74. The molecule has 0 amide bonds. The van der Waals surface area contributed by atoms with Crippen LogP contribution >= 0.6 is 24.0 Å². The monoisotopic (exact) mass is 187 g/mol. The average Bonchev–Trinajstić information content (AvgIpc) is 2.33. The van der Waals surface area contributed by atoms with E-state index in [0.717, 1.165) is 5.69 Å². The van der Waals surface area contributed by atoms with Crippen molar-refractivity contribution >= 4 is 24.0 Å². The first-order chi connectivity index (χ1) is 5.11. The van der Waals surface area contributed by atoms with E-state index in [2.05, 4.69) is 36.8 Å². The van der Waals surface area contributed by atoms with Gasteiger partial charge in [0.05, 0.1) is 10.7 Å². The molecule has 0 aliphatic rings.